The molecule has 7 nitrogen and oxygen atoms in total. The second kappa shape index (κ2) is 7.38. The number of hydrogen-bond acceptors (Lipinski definition) is 5. The van der Waals surface area contributed by atoms with Crippen molar-refractivity contribution in [2.75, 3.05) is 18.4 Å². The van der Waals surface area contributed by atoms with Gasteiger partial charge in [-0.15, -0.1) is 0 Å². The van der Waals surface area contributed by atoms with E-state index < -0.39 is 11.6 Å². The summed E-state index contributed by atoms with van der Waals surface area (Å²) < 4.78 is 5.88. The highest BCUT2D eigenvalue weighted by Crippen LogP contribution is 2.24. The number of anilines is 1. The van der Waals surface area contributed by atoms with E-state index in [-0.39, 0.29) is 17.8 Å². The summed E-state index contributed by atoms with van der Waals surface area (Å²) in [5.74, 6) is -1.07. The van der Waals surface area contributed by atoms with Crippen molar-refractivity contribution in [2.24, 2.45) is 0 Å². The van der Waals surface area contributed by atoms with E-state index in [0.717, 1.165) is 12.8 Å². The molecule has 0 radical (unpaired) electrons. The van der Waals surface area contributed by atoms with Crippen LogP contribution >= 0.6 is 15.9 Å². The number of carboxylic acids is 1. The molecule has 1 aromatic rings. The number of nitrogens with one attached hydrogen (secondary N) is 1. The van der Waals surface area contributed by atoms with Crippen LogP contribution < -0.4 is 5.32 Å². The molecule has 1 fully saturated rings. The molecule has 2 rings (SSSR count). The zero-order valence-corrected chi connectivity index (χ0v) is 15.6. The maximum absolute atomic E-state index is 12.3. The van der Waals surface area contributed by atoms with Gasteiger partial charge in [-0.25, -0.2) is 14.6 Å². The SMILES string of the molecule is CC(C)(C)OC(=O)N1CCCC1CNc1ccc(C(=O)O)nc1Br. The number of hydrogen-bond donors (Lipinski definition) is 2. The van der Waals surface area contributed by atoms with Crippen LogP contribution in [-0.2, 0) is 4.74 Å². The summed E-state index contributed by atoms with van der Waals surface area (Å²) in [6, 6.07) is 3.13. The van der Waals surface area contributed by atoms with Gasteiger partial charge < -0.3 is 20.1 Å². The van der Waals surface area contributed by atoms with Crippen LogP contribution in [-0.4, -0.2) is 51.8 Å². The Hall–Kier alpha value is -1.83. The summed E-state index contributed by atoms with van der Waals surface area (Å²) in [7, 11) is 0. The number of carbonyl (C=O) groups is 2. The first-order valence-electron chi connectivity index (χ1n) is 7.81. The van der Waals surface area contributed by atoms with Gasteiger partial charge in [-0.2, -0.15) is 0 Å². The van der Waals surface area contributed by atoms with Gasteiger partial charge >= 0.3 is 12.1 Å². The fourth-order valence-corrected chi connectivity index (χ4v) is 2.99. The first-order valence-corrected chi connectivity index (χ1v) is 8.60. The van der Waals surface area contributed by atoms with Gasteiger partial charge in [-0.05, 0) is 61.7 Å². The van der Waals surface area contributed by atoms with Crippen molar-refractivity contribution in [1.29, 1.82) is 0 Å². The molecule has 24 heavy (non-hydrogen) atoms. The quantitative estimate of drug-likeness (QED) is 0.754. The third-order valence-corrected chi connectivity index (χ3v) is 4.21. The Bertz CT molecular complexity index is 630. The molecule has 0 bridgehead atoms. The summed E-state index contributed by atoms with van der Waals surface area (Å²) in [6.45, 7) is 6.77. The number of aromatic carboxylic acids is 1. The average Bonchev–Trinajstić information content (AvgIpc) is 2.92. The second-order valence-corrected chi connectivity index (χ2v) is 7.44. The molecule has 1 unspecified atom stereocenters. The molecular formula is C16H22BrN3O4. The normalized spacial score (nSPS) is 17.7. The van der Waals surface area contributed by atoms with Crippen molar-refractivity contribution in [3.63, 3.8) is 0 Å². The van der Waals surface area contributed by atoms with Gasteiger partial charge in [-0.1, -0.05) is 0 Å². The van der Waals surface area contributed by atoms with Gasteiger partial charge in [0, 0.05) is 13.1 Å². The highest BCUT2D eigenvalue weighted by molar-refractivity contribution is 9.10. The van der Waals surface area contributed by atoms with Gasteiger partial charge in [0.2, 0.25) is 0 Å². The molecule has 0 saturated carbocycles. The van der Waals surface area contributed by atoms with E-state index in [0.29, 0.717) is 23.4 Å². The number of nitrogens with zero attached hydrogens (tertiary/aromatic N) is 2. The fraction of sp³-hybridized carbons (Fsp3) is 0.562. The van der Waals surface area contributed by atoms with Crippen LogP contribution in [0.15, 0.2) is 16.7 Å². The zero-order valence-electron chi connectivity index (χ0n) is 14.0. The minimum absolute atomic E-state index is 0.0244. The lowest BCUT2D eigenvalue weighted by Crippen LogP contribution is -2.42. The number of likely N-dealkylation sites (tertiary alicyclic amines) is 1. The van der Waals surface area contributed by atoms with Crippen molar-refractivity contribution in [3.8, 4) is 0 Å². The lowest BCUT2D eigenvalue weighted by atomic mass is 10.2. The summed E-state index contributed by atoms with van der Waals surface area (Å²) in [6.07, 6.45) is 1.53. The summed E-state index contributed by atoms with van der Waals surface area (Å²) in [4.78, 5) is 28.9. The van der Waals surface area contributed by atoms with E-state index in [2.05, 4.69) is 26.2 Å². The Morgan fingerprint density at radius 3 is 2.75 bits per heavy atom. The van der Waals surface area contributed by atoms with Gasteiger partial charge in [0.15, 0.2) is 0 Å². The molecule has 1 aliphatic rings. The van der Waals surface area contributed by atoms with Crippen molar-refractivity contribution in [3.05, 3.63) is 22.4 Å². The number of ether oxygens (including phenoxy) is 1. The Labute approximate surface area is 149 Å². The van der Waals surface area contributed by atoms with Crippen LogP contribution in [0.2, 0.25) is 0 Å². The summed E-state index contributed by atoms with van der Waals surface area (Å²) in [5.41, 5.74) is 0.150. The van der Waals surface area contributed by atoms with Gasteiger partial charge in [-0.3, -0.25) is 0 Å². The number of carbonyl (C=O) groups excluding carboxylic acids is 1. The van der Waals surface area contributed by atoms with E-state index in [1.165, 1.54) is 6.07 Å². The number of amides is 1. The van der Waals surface area contributed by atoms with Gasteiger partial charge in [0.1, 0.15) is 15.9 Å². The molecular weight excluding hydrogens is 378 g/mol. The Balaban J connectivity index is 1.98. The lowest BCUT2D eigenvalue weighted by Gasteiger charge is -2.29. The molecule has 1 aromatic heterocycles. The first kappa shape index (κ1) is 18.5. The molecule has 0 spiro atoms. The number of halogens is 1. The maximum Gasteiger partial charge on any atom is 0.410 e. The smallest absolute Gasteiger partial charge is 0.410 e. The van der Waals surface area contributed by atoms with E-state index in [4.69, 9.17) is 9.84 Å². The monoisotopic (exact) mass is 399 g/mol. The highest BCUT2D eigenvalue weighted by atomic mass is 79.9. The highest BCUT2D eigenvalue weighted by Gasteiger charge is 2.32. The molecule has 132 valence electrons. The topological polar surface area (TPSA) is 91.8 Å². The standard InChI is InChI=1S/C16H22BrN3O4/c1-16(2,3)24-15(23)20-8-4-5-10(20)9-18-11-6-7-12(14(21)22)19-13(11)17/h6-7,10,18H,4-5,8-9H2,1-3H3,(H,21,22). The predicted octanol–water partition coefficient (Wildman–Crippen LogP) is 3.35. The third kappa shape index (κ3) is 4.83. The summed E-state index contributed by atoms with van der Waals surface area (Å²) in [5, 5.41) is 12.1. The average molecular weight is 400 g/mol. The number of rotatable bonds is 4. The number of aromatic nitrogens is 1. The molecule has 2 N–H and O–H groups in total. The maximum atomic E-state index is 12.3. The Morgan fingerprint density at radius 1 is 1.46 bits per heavy atom. The van der Waals surface area contributed by atoms with Crippen LogP contribution in [0.3, 0.4) is 0 Å². The van der Waals surface area contributed by atoms with Crippen LogP contribution in [0.25, 0.3) is 0 Å². The van der Waals surface area contributed by atoms with Crippen LogP contribution in [0.5, 0.6) is 0 Å². The van der Waals surface area contributed by atoms with Crippen molar-refractivity contribution < 1.29 is 19.4 Å². The first-order chi connectivity index (χ1) is 11.2. The summed E-state index contributed by atoms with van der Waals surface area (Å²) >= 11 is 3.27. The molecule has 1 amide bonds. The van der Waals surface area contributed by atoms with E-state index >= 15 is 0 Å². The van der Waals surface area contributed by atoms with E-state index in [1.807, 2.05) is 20.8 Å². The molecule has 0 aliphatic carbocycles. The Morgan fingerprint density at radius 2 is 2.17 bits per heavy atom. The minimum atomic E-state index is -1.07. The van der Waals surface area contributed by atoms with Crippen molar-refractivity contribution in [2.45, 2.75) is 45.3 Å². The number of carboxylic acid groups (broad SMARTS) is 1. The predicted molar refractivity (Wildman–Crippen MR) is 93.3 cm³/mol. The van der Waals surface area contributed by atoms with Crippen LogP contribution in [0, 0.1) is 0 Å². The Kier molecular flexibility index (Phi) is 5.69. The largest absolute Gasteiger partial charge is 0.477 e. The van der Waals surface area contributed by atoms with Gasteiger partial charge in [0.25, 0.3) is 0 Å². The molecule has 8 heteroatoms. The lowest BCUT2D eigenvalue weighted by molar-refractivity contribution is 0.0235. The van der Waals surface area contributed by atoms with Crippen molar-refractivity contribution in [1.82, 2.24) is 9.88 Å². The minimum Gasteiger partial charge on any atom is -0.477 e. The van der Waals surface area contributed by atoms with Gasteiger partial charge in [0.05, 0.1) is 11.7 Å². The van der Waals surface area contributed by atoms with Crippen LogP contribution in [0.4, 0.5) is 10.5 Å². The van der Waals surface area contributed by atoms with E-state index in [9.17, 15) is 9.59 Å². The zero-order chi connectivity index (χ0) is 17.9. The third-order valence-electron chi connectivity index (χ3n) is 3.60. The molecule has 1 atom stereocenters. The molecule has 1 aliphatic heterocycles. The number of pyridine rings is 1. The molecule has 0 aromatic carbocycles. The van der Waals surface area contributed by atoms with E-state index in [1.54, 1.807) is 11.0 Å². The van der Waals surface area contributed by atoms with Crippen molar-refractivity contribution >= 4 is 33.7 Å². The molecule has 1 saturated heterocycles. The van der Waals surface area contributed by atoms with Crippen LogP contribution in [0.1, 0.15) is 44.1 Å². The fourth-order valence-electron chi connectivity index (χ4n) is 2.52. The molecule has 2 heterocycles. The second-order valence-electron chi connectivity index (χ2n) is 6.69.